The summed E-state index contributed by atoms with van der Waals surface area (Å²) in [7, 11) is 0. The quantitative estimate of drug-likeness (QED) is 0.559. The average Bonchev–Trinajstić information content (AvgIpc) is 3.13. The molecule has 2 heterocycles. The summed E-state index contributed by atoms with van der Waals surface area (Å²) in [5.41, 5.74) is 7.33. The predicted molar refractivity (Wildman–Crippen MR) is 104 cm³/mol. The first kappa shape index (κ1) is 20.7. The average molecular weight is 420 g/mol. The number of rotatable bonds is 8. The zero-order chi connectivity index (χ0) is 20.8. The first-order valence-electron chi connectivity index (χ1n) is 8.86. The van der Waals surface area contributed by atoms with Crippen molar-refractivity contribution in [2.45, 2.75) is 25.8 Å². The number of nitrogens with zero attached hydrogens (tertiary/aromatic N) is 4. The van der Waals surface area contributed by atoms with Crippen molar-refractivity contribution >= 4 is 17.6 Å². The van der Waals surface area contributed by atoms with Gasteiger partial charge in [-0.3, -0.25) is 4.79 Å². The number of carbonyl (C=O) groups is 1. The second kappa shape index (κ2) is 9.44. The maximum atomic E-state index is 13.8. The molecule has 3 rings (SSSR count). The van der Waals surface area contributed by atoms with Crippen molar-refractivity contribution in [2.24, 2.45) is 5.73 Å². The molecule has 0 aliphatic carbocycles. The molecular weight excluding hydrogens is 401 g/mol. The van der Waals surface area contributed by atoms with Gasteiger partial charge in [-0.15, -0.1) is 5.10 Å². The SMILES string of the molecule is CCOC(=O)CC(N)Cc1cn(-c2ccc(Oc3ncc(Cl)cc3F)cc2)nn1. The highest BCUT2D eigenvalue weighted by molar-refractivity contribution is 6.30. The zero-order valence-electron chi connectivity index (χ0n) is 15.6. The lowest BCUT2D eigenvalue weighted by molar-refractivity contribution is -0.143. The Kier molecular flexibility index (Phi) is 6.73. The summed E-state index contributed by atoms with van der Waals surface area (Å²) >= 11 is 5.68. The number of carbonyl (C=O) groups excluding carboxylic acids is 1. The van der Waals surface area contributed by atoms with E-state index >= 15 is 0 Å². The third kappa shape index (κ3) is 5.72. The summed E-state index contributed by atoms with van der Waals surface area (Å²) < 4.78 is 25.6. The van der Waals surface area contributed by atoms with Crippen LogP contribution in [0.15, 0.2) is 42.7 Å². The Hall–Kier alpha value is -3.04. The summed E-state index contributed by atoms with van der Waals surface area (Å²) in [6, 6.07) is 7.50. The number of aromatic nitrogens is 4. The van der Waals surface area contributed by atoms with Crippen molar-refractivity contribution < 1.29 is 18.7 Å². The van der Waals surface area contributed by atoms with E-state index in [2.05, 4.69) is 15.3 Å². The Labute approximate surface area is 171 Å². The fourth-order valence-electron chi connectivity index (χ4n) is 2.55. The van der Waals surface area contributed by atoms with E-state index in [0.717, 1.165) is 11.8 Å². The second-order valence-electron chi connectivity index (χ2n) is 6.16. The first-order valence-corrected chi connectivity index (χ1v) is 9.24. The Morgan fingerprint density at radius 3 is 2.79 bits per heavy atom. The molecule has 1 aromatic carbocycles. The largest absolute Gasteiger partial charge is 0.466 e. The summed E-state index contributed by atoms with van der Waals surface area (Å²) in [6.07, 6.45) is 3.53. The number of benzene rings is 1. The predicted octanol–water partition coefficient (Wildman–Crippen LogP) is 3.07. The third-order valence-corrected chi connectivity index (χ3v) is 4.04. The van der Waals surface area contributed by atoms with E-state index in [1.165, 1.54) is 6.20 Å². The van der Waals surface area contributed by atoms with E-state index in [4.69, 9.17) is 26.8 Å². The standard InChI is InChI=1S/C19H19ClFN5O3/c1-2-28-18(27)9-13(22)8-14-11-26(25-24-14)15-3-5-16(6-4-15)29-19-17(21)7-12(20)10-23-19/h3-7,10-11,13H,2,8-9,22H2,1H3. The van der Waals surface area contributed by atoms with Crippen molar-refractivity contribution in [2.75, 3.05) is 6.61 Å². The minimum atomic E-state index is -0.651. The molecule has 0 radical (unpaired) electrons. The molecule has 152 valence electrons. The van der Waals surface area contributed by atoms with Crippen molar-refractivity contribution in [3.63, 3.8) is 0 Å². The molecular formula is C19H19ClFN5O3. The van der Waals surface area contributed by atoms with Gasteiger partial charge in [-0.1, -0.05) is 16.8 Å². The van der Waals surface area contributed by atoms with Crippen molar-refractivity contribution in [3.8, 4) is 17.3 Å². The van der Waals surface area contributed by atoms with E-state index in [-0.39, 0.29) is 23.3 Å². The molecule has 29 heavy (non-hydrogen) atoms. The molecule has 2 aromatic heterocycles. The van der Waals surface area contributed by atoms with E-state index in [1.807, 2.05) is 0 Å². The molecule has 0 fully saturated rings. The van der Waals surface area contributed by atoms with Gasteiger partial charge in [-0.25, -0.2) is 14.1 Å². The van der Waals surface area contributed by atoms with Crippen LogP contribution < -0.4 is 10.5 Å². The lowest BCUT2D eigenvalue weighted by atomic mass is 10.1. The van der Waals surface area contributed by atoms with Crippen LogP contribution >= 0.6 is 11.6 Å². The first-order chi connectivity index (χ1) is 13.9. The van der Waals surface area contributed by atoms with E-state index in [9.17, 15) is 9.18 Å². The summed E-state index contributed by atoms with van der Waals surface area (Å²) in [5.74, 6) is -0.753. The van der Waals surface area contributed by atoms with Crippen LogP contribution in [0.1, 0.15) is 19.0 Å². The monoisotopic (exact) mass is 419 g/mol. The van der Waals surface area contributed by atoms with Crippen LogP contribution in [-0.4, -0.2) is 38.6 Å². The Morgan fingerprint density at radius 2 is 2.10 bits per heavy atom. The number of hydrogen-bond donors (Lipinski definition) is 1. The normalized spacial score (nSPS) is 11.9. The molecule has 0 bridgehead atoms. The zero-order valence-corrected chi connectivity index (χ0v) is 16.3. The fourth-order valence-corrected chi connectivity index (χ4v) is 2.69. The minimum Gasteiger partial charge on any atom is -0.466 e. The van der Waals surface area contributed by atoms with Gasteiger partial charge in [-0.05, 0) is 37.3 Å². The number of halogens is 2. The number of esters is 1. The molecule has 2 N–H and O–H groups in total. The van der Waals surface area contributed by atoms with E-state index in [1.54, 1.807) is 42.1 Å². The van der Waals surface area contributed by atoms with Gasteiger partial charge in [0.25, 0.3) is 5.88 Å². The number of nitrogens with two attached hydrogens (primary N) is 1. The van der Waals surface area contributed by atoms with Gasteiger partial charge in [0.1, 0.15) is 5.75 Å². The van der Waals surface area contributed by atoms with E-state index in [0.29, 0.717) is 24.5 Å². The van der Waals surface area contributed by atoms with Crippen molar-refractivity contribution in [1.82, 2.24) is 20.0 Å². The number of hydrogen-bond acceptors (Lipinski definition) is 7. The van der Waals surface area contributed by atoms with Crippen LogP contribution in [0.5, 0.6) is 11.6 Å². The van der Waals surface area contributed by atoms with Gasteiger partial charge in [0, 0.05) is 18.7 Å². The lowest BCUT2D eigenvalue weighted by Crippen LogP contribution is -2.27. The number of pyridine rings is 1. The van der Waals surface area contributed by atoms with Crippen molar-refractivity contribution in [1.29, 1.82) is 0 Å². The van der Waals surface area contributed by atoms with Crippen LogP contribution in [0.4, 0.5) is 4.39 Å². The highest BCUT2D eigenvalue weighted by Gasteiger charge is 2.14. The summed E-state index contributed by atoms with van der Waals surface area (Å²) in [4.78, 5) is 15.3. The topological polar surface area (TPSA) is 105 Å². The molecule has 1 unspecified atom stereocenters. The van der Waals surface area contributed by atoms with Crippen LogP contribution in [-0.2, 0) is 16.0 Å². The van der Waals surface area contributed by atoms with Gasteiger partial charge in [-0.2, -0.15) is 0 Å². The fraction of sp³-hybridized carbons (Fsp3) is 0.263. The highest BCUT2D eigenvalue weighted by Crippen LogP contribution is 2.24. The molecule has 0 spiro atoms. The van der Waals surface area contributed by atoms with Gasteiger partial charge in [0.15, 0.2) is 5.82 Å². The smallest absolute Gasteiger partial charge is 0.307 e. The molecule has 1 atom stereocenters. The van der Waals surface area contributed by atoms with Crippen LogP contribution in [0.3, 0.4) is 0 Å². The van der Waals surface area contributed by atoms with Gasteiger partial charge >= 0.3 is 5.97 Å². The van der Waals surface area contributed by atoms with E-state index < -0.39 is 11.9 Å². The Bertz CT molecular complexity index is 980. The minimum absolute atomic E-state index is 0.113. The highest BCUT2D eigenvalue weighted by atomic mass is 35.5. The molecule has 0 aliphatic heterocycles. The molecule has 0 amide bonds. The van der Waals surface area contributed by atoms with Gasteiger partial charge in [0.05, 0.1) is 35.6 Å². The summed E-state index contributed by atoms with van der Waals surface area (Å²) in [6.45, 7) is 2.07. The van der Waals surface area contributed by atoms with Gasteiger partial charge < -0.3 is 15.2 Å². The molecule has 0 saturated heterocycles. The molecule has 3 aromatic rings. The lowest BCUT2D eigenvalue weighted by Gasteiger charge is -2.08. The number of ether oxygens (including phenoxy) is 2. The third-order valence-electron chi connectivity index (χ3n) is 3.84. The molecule has 8 nitrogen and oxygen atoms in total. The van der Waals surface area contributed by atoms with Crippen molar-refractivity contribution in [3.05, 3.63) is 59.3 Å². The molecule has 10 heteroatoms. The molecule has 0 aliphatic rings. The summed E-state index contributed by atoms with van der Waals surface area (Å²) in [5, 5.41) is 8.32. The Morgan fingerprint density at radius 1 is 1.34 bits per heavy atom. The van der Waals surface area contributed by atoms with Crippen LogP contribution in [0, 0.1) is 5.82 Å². The van der Waals surface area contributed by atoms with Gasteiger partial charge in [0.2, 0.25) is 0 Å². The second-order valence-corrected chi connectivity index (χ2v) is 6.60. The van der Waals surface area contributed by atoms with Crippen LogP contribution in [0.25, 0.3) is 5.69 Å². The molecule has 0 saturated carbocycles. The van der Waals surface area contributed by atoms with Crippen LogP contribution in [0.2, 0.25) is 5.02 Å². The maximum Gasteiger partial charge on any atom is 0.307 e. The maximum absolute atomic E-state index is 13.8. The Balaban J connectivity index is 1.62.